The molecule has 9 nitrogen and oxygen atoms in total. The van der Waals surface area contributed by atoms with E-state index in [1.165, 1.54) is 30.5 Å². The second-order valence-corrected chi connectivity index (χ2v) is 9.12. The largest absolute Gasteiger partial charge is 0.495 e. The molecule has 3 rings (SSSR count). The number of carbonyl (C=O) groups is 2. The first-order valence-electron chi connectivity index (χ1n) is 9.88. The van der Waals surface area contributed by atoms with Crippen LogP contribution < -0.4 is 20.7 Å². The van der Waals surface area contributed by atoms with Crippen LogP contribution in [-0.2, 0) is 14.8 Å². The van der Waals surface area contributed by atoms with Crippen LogP contribution in [0.3, 0.4) is 0 Å². The summed E-state index contributed by atoms with van der Waals surface area (Å²) >= 11 is 0. The minimum absolute atomic E-state index is 0.136. The summed E-state index contributed by atoms with van der Waals surface area (Å²) in [6.45, 7) is 1.99. The molecule has 1 fully saturated rings. The number of hydrogen-bond acceptors (Lipinski definition) is 5. The van der Waals surface area contributed by atoms with Crippen LogP contribution in [0.1, 0.15) is 19.8 Å². The topological polar surface area (TPSA) is 117 Å². The second-order valence-electron chi connectivity index (χ2n) is 7.18. The maximum atomic E-state index is 12.9. The van der Waals surface area contributed by atoms with Gasteiger partial charge in [-0.1, -0.05) is 12.1 Å². The Bertz CT molecular complexity index is 1030. The summed E-state index contributed by atoms with van der Waals surface area (Å²) in [6, 6.07) is 12.7. The molecule has 31 heavy (non-hydrogen) atoms. The zero-order chi connectivity index (χ0) is 22.4. The van der Waals surface area contributed by atoms with E-state index in [4.69, 9.17) is 4.74 Å². The van der Waals surface area contributed by atoms with Crippen LogP contribution >= 0.6 is 0 Å². The molecule has 0 bridgehead atoms. The third-order valence-electron chi connectivity index (χ3n) is 4.96. The predicted octanol–water partition coefficient (Wildman–Crippen LogP) is 2.63. The third kappa shape index (κ3) is 5.74. The summed E-state index contributed by atoms with van der Waals surface area (Å²) in [6.07, 6.45) is 1.01. The van der Waals surface area contributed by atoms with Crippen molar-refractivity contribution in [3.8, 4) is 5.75 Å². The lowest BCUT2D eigenvalue weighted by molar-refractivity contribution is -0.114. The number of anilines is 2. The minimum Gasteiger partial charge on any atom is -0.495 e. The van der Waals surface area contributed by atoms with Crippen molar-refractivity contribution in [3.63, 3.8) is 0 Å². The molecule has 0 saturated carbocycles. The number of ether oxygens (including phenoxy) is 1. The van der Waals surface area contributed by atoms with E-state index < -0.39 is 10.0 Å². The number of benzene rings is 2. The van der Waals surface area contributed by atoms with Gasteiger partial charge in [0.15, 0.2) is 0 Å². The number of methoxy groups -OCH3 is 1. The van der Waals surface area contributed by atoms with Crippen molar-refractivity contribution in [2.45, 2.75) is 30.7 Å². The SMILES string of the molecule is COc1ccccc1NC(=O)NC1CCN(S(=O)(=O)c2ccc(NC(C)=O)cc2)CC1. The van der Waals surface area contributed by atoms with Crippen molar-refractivity contribution in [2.24, 2.45) is 0 Å². The van der Waals surface area contributed by atoms with E-state index in [1.54, 1.807) is 30.3 Å². The van der Waals surface area contributed by atoms with Crippen molar-refractivity contribution in [3.05, 3.63) is 48.5 Å². The monoisotopic (exact) mass is 446 g/mol. The van der Waals surface area contributed by atoms with Crippen molar-refractivity contribution >= 4 is 33.3 Å². The molecule has 0 atom stereocenters. The van der Waals surface area contributed by atoms with E-state index >= 15 is 0 Å². The van der Waals surface area contributed by atoms with Crippen LogP contribution in [0.4, 0.5) is 16.2 Å². The molecule has 166 valence electrons. The summed E-state index contributed by atoms with van der Waals surface area (Å²) in [5.74, 6) is 0.336. The molecule has 0 aliphatic carbocycles. The number of amides is 3. The molecule has 10 heteroatoms. The fraction of sp³-hybridized carbons (Fsp3) is 0.333. The minimum atomic E-state index is -3.64. The second kappa shape index (κ2) is 9.80. The van der Waals surface area contributed by atoms with Gasteiger partial charge < -0.3 is 20.7 Å². The molecule has 3 amide bonds. The molecule has 3 N–H and O–H groups in total. The quantitative estimate of drug-likeness (QED) is 0.631. The standard InChI is InChI=1S/C21H26N4O5S/c1-15(26)22-16-7-9-18(10-8-16)31(28,29)25-13-11-17(12-14-25)23-21(27)24-19-5-3-4-6-20(19)30-2/h3-10,17H,11-14H2,1-2H3,(H,22,26)(H2,23,24,27). The molecule has 0 spiro atoms. The maximum absolute atomic E-state index is 12.9. The number of carbonyl (C=O) groups excluding carboxylic acids is 2. The molecule has 1 aliphatic rings. The van der Waals surface area contributed by atoms with Crippen LogP contribution in [0.15, 0.2) is 53.4 Å². The summed E-state index contributed by atoms with van der Waals surface area (Å²) < 4.78 is 32.4. The van der Waals surface area contributed by atoms with Crippen molar-refractivity contribution in [2.75, 3.05) is 30.8 Å². The predicted molar refractivity (Wildman–Crippen MR) is 118 cm³/mol. The van der Waals surface area contributed by atoms with Crippen LogP contribution in [-0.4, -0.2) is 50.9 Å². The summed E-state index contributed by atoms with van der Waals surface area (Å²) in [7, 11) is -2.11. The number of urea groups is 1. The summed E-state index contributed by atoms with van der Waals surface area (Å²) in [5, 5.41) is 8.26. The Labute approximate surface area is 181 Å². The van der Waals surface area contributed by atoms with Crippen molar-refractivity contribution in [1.29, 1.82) is 0 Å². The molecule has 1 heterocycles. The highest BCUT2D eigenvalue weighted by molar-refractivity contribution is 7.89. The lowest BCUT2D eigenvalue weighted by atomic mass is 10.1. The van der Waals surface area contributed by atoms with E-state index in [0.717, 1.165) is 0 Å². The van der Waals surface area contributed by atoms with Crippen molar-refractivity contribution < 1.29 is 22.7 Å². The van der Waals surface area contributed by atoms with E-state index in [2.05, 4.69) is 16.0 Å². The Kier molecular flexibility index (Phi) is 7.13. The fourth-order valence-electron chi connectivity index (χ4n) is 3.39. The zero-order valence-electron chi connectivity index (χ0n) is 17.4. The van der Waals surface area contributed by atoms with E-state index in [-0.39, 0.29) is 22.9 Å². The Morgan fingerprint density at radius 3 is 2.26 bits per heavy atom. The van der Waals surface area contributed by atoms with Gasteiger partial charge in [-0.2, -0.15) is 4.31 Å². The average molecular weight is 447 g/mol. The van der Waals surface area contributed by atoms with E-state index in [1.807, 2.05) is 6.07 Å². The lowest BCUT2D eigenvalue weighted by Crippen LogP contribution is -2.47. The molecule has 1 aliphatic heterocycles. The lowest BCUT2D eigenvalue weighted by Gasteiger charge is -2.31. The van der Waals surface area contributed by atoms with Crippen LogP contribution in [0.2, 0.25) is 0 Å². The van der Waals surface area contributed by atoms with Gasteiger partial charge in [0, 0.05) is 31.7 Å². The van der Waals surface area contributed by atoms with Gasteiger partial charge in [0.1, 0.15) is 5.75 Å². The van der Waals surface area contributed by atoms with Gasteiger partial charge in [-0.15, -0.1) is 0 Å². The first kappa shape index (κ1) is 22.6. The van der Waals surface area contributed by atoms with Gasteiger partial charge in [-0.25, -0.2) is 13.2 Å². The smallest absolute Gasteiger partial charge is 0.319 e. The van der Waals surface area contributed by atoms with Crippen molar-refractivity contribution in [1.82, 2.24) is 9.62 Å². The van der Waals surface area contributed by atoms with Crippen LogP contribution in [0, 0.1) is 0 Å². The molecule has 0 unspecified atom stereocenters. The number of nitrogens with one attached hydrogen (secondary N) is 3. The Balaban J connectivity index is 1.54. The normalized spacial score (nSPS) is 15.2. The highest BCUT2D eigenvalue weighted by Crippen LogP contribution is 2.24. The molecule has 2 aromatic carbocycles. The van der Waals surface area contributed by atoms with Gasteiger partial charge in [-0.05, 0) is 49.2 Å². The number of piperidine rings is 1. The van der Waals surface area contributed by atoms with Crippen LogP contribution in [0.5, 0.6) is 5.75 Å². The number of para-hydroxylation sites is 2. The highest BCUT2D eigenvalue weighted by atomic mass is 32.2. The highest BCUT2D eigenvalue weighted by Gasteiger charge is 2.30. The Morgan fingerprint density at radius 1 is 1.00 bits per heavy atom. The summed E-state index contributed by atoms with van der Waals surface area (Å²) in [4.78, 5) is 23.6. The van der Waals surface area contributed by atoms with Gasteiger partial charge in [-0.3, -0.25) is 4.79 Å². The van der Waals surface area contributed by atoms with E-state index in [9.17, 15) is 18.0 Å². The number of hydrogen-bond donors (Lipinski definition) is 3. The van der Waals surface area contributed by atoms with Gasteiger partial charge in [0.05, 0.1) is 17.7 Å². The molecular formula is C21H26N4O5S. The van der Waals surface area contributed by atoms with Gasteiger partial charge >= 0.3 is 6.03 Å². The fourth-order valence-corrected chi connectivity index (χ4v) is 4.86. The number of sulfonamides is 1. The molecule has 0 aromatic heterocycles. The Morgan fingerprint density at radius 2 is 1.65 bits per heavy atom. The number of nitrogens with zero attached hydrogens (tertiary/aromatic N) is 1. The Hall–Kier alpha value is -3.11. The van der Waals surface area contributed by atoms with Gasteiger partial charge in [0.25, 0.3) is 0 Å². The summed E-state index contributed by atoms with van der Waals surface area (Å²) in [5.41, 5.74) is 1.10. The maximum Gasteiger partial charge on any atom is 0.319 e. The first-order valence-corrected chi connectivity index (χ1v) is 11.3. The van der Waals surface area contributed by atoms with Gasteiger partial charge in [0.2, 0.25) is 15.9 Å². The zero-order valence-corrected chi connectivity index (χ0v) is 18.2. The van der Waals surface area contributed by atoms with Crippen LogP contribution in [0.25, 0.3) is 0 Å². The molecule has 2 aromatic rings. The average Bonchev–Trinajstić information content (AvgIpc) is 2.74. The number of rotatable bonds is 6. The molecular weight excluding hydrogens is 420 g/mol. The first-order chi connectivity index (χ1) is 14.8. The molecule has 1 saturated heterocycles. The third-order valence-corrected chi connectivity index (χ3v) is 6.87. The van der Waals surface area contributed by atoms with E-state index in [0.29, 0.717) is 43.1 Å². The molecule has 0 radical (unpaired) electrons.